The first-order valence-electron chi connectivity index (χ1n) is 6.19. The Bertz CT molecular complexity index is 510. The Morgan fingerprint density at radius 1 is 1.10 bits per heavy atom. The van der Waals surface area contributed by atoms with Crippen LogP contribution >= 0.6 is 23.2 Å². The lowest BCUT2D eigenvalue weighted by molar-refractivity contribution is -0.126. The van der Waals surface area contributed by atoms with E-state index in [2.05, 4.69) is 10.6 Å². The van der Waals surface area contributed by atoms with Crippen molar-refractivity contribution in [3.8, 4) is 0 Å². The molecule has 0 aliphatic heterocycles. The topological polar surface area (TPSA) is 58.2 Å². The fourth-order valence-electron chi connectivity index (χ4n) is 1.54. The van der Waals surface area contributed by atoms with Crippen molar-refractivity contribution in [3.05, 3.63) is 33.8 Å². The Morgan fingerprint density at radius 3 is 2.30 bits per heavy atom. The minimum absolute atomic E-state index is 0.0442. The zero-order chi connectivity index (χ0) is 15.3. The molecule has 0 saturated carbocycles. The largest absolute Gasteiger partial charge is 0.350 e. The number of rotatable bonds is 4. The normalized spacial score (nSPS) is 11.1. The third-order valence-electron chi connectivity index (χ3n) is 2.31. The molecule has 0 atom stereocenters. The van der Waals surface area contributed by atoms with Gasteiger partial charge in [0, 0.05) is 5.54 Å². The molecule has 0 bridgehead atoms. The molecule has 110 valence electrons. The summed E-state index contributed by atoms with van der Waals surface area (Å²) in [5.74, 6) is -0.465. The quantitative estimate of drug-likeness (QED) is 0.897. The fourth-order valence-corrected chi connectivity index (χ4v) is 1.86. The lowest BCUT2D eigenvalue weighted by Crippen LogP contribution is -2.46. The highest BCUT2D eigenvalue weighted by Gasteiger charge is 2.14. The SMILES string of the molecule is CC(C)(C)NC(=O)CNC(=O)Cc1ccc(Cl)c(Cl)c1. The van der Waals surface area contributed by atoms with Gasteiger partial charge in [-0.1, -0.05) is 29.3 Å². The lowest BCUT2D eigenvalue weighted by Gasteiger charge is -2.20. The van der Waals surface area contributed by atoms with Crippen LogP contribution in [-0.2, 0) is 16.0 Å². The van der Waals surface area contributed by atoms with E-state index in [0.717, 1.165) is 5.56 Å². The molecule has 0 aliphatic rings. The van der Waals surface area contributed by atoms with Crippen LogP contribution < -0.4 is 10.6 Å². The lowest BCUT2D eigenvalue weighted by atomic mass is 10.1. The number of carbonyl (C=O) groups excluding carboxylic acids is 2. The molecule has 0 spiro atoms. The second-order valence-electron chi connectivity index (χ2n) is 5.50. The maximum atomic E-state index is 11.7. The summed E-state index contributed by atoms with van der Waals surface area (Å²) in [6.45, 7) is 5.59. The molecule has 2 amide bonds. The van der Waals surface area contributed by atoms with Gasteiger partial charge >= 0.3 is 0 Å². The molecule has 1 aromatic carbocycles. The Balaban J connectivity index is 2.44. The van der Waals surface area contributed by atoms with Crippen LogP contribution in [0.15, 0.2) is 18.2 Å². The van der Waals surface area contributed by atoms with Gasteiger partial charge in [0.1, 0.15) is 0 Å². The third kappa shape index (κ3) is 6.26. The number of carbonyl (C=O) groups is 2. The number of hydrogen-bond donors (Lipinski definition) is 2. The summed E-state index contributed by atoms with van der Waals surface area (Å²) in [6.07, 6.45) is 0.152. The van der Waals surface area contributed by atoms with Crippen molar-refractivity contribution in [1.29, 1.82) is 0 Å². The summed E-state index contributed by atoms with van der Waals surface area (Å²) < 4.78 is 0. The van der Waals surface area contributed by atoms with Crippen LogP contribution in [0.25, 0.3) is 0 Å². The molecule has 0 radical (unpaired) electrons. The van der Waals surface area contributed by atoms with Gasteiger partial charge in [-0.05, 0) is 38.5 Å². The monoisotopic (exact) mass is 316 g/mol. The van der Waals surface area contributed by atoms with Crippen LogP contribution in [-0.4, -0.2) is 23.9 Å². The van der Waals surface area contributed by atoms with Crippen LogP contribution in [0.4, 0.5) is 0 Å². The first kappa shape index (κ1) is 16.8. The summed E-state index contributed by atoms with van der Waals surface area (Å²) >= 11 is 11.7. The highest BCUT2D eigenvalue weighted by Crippen LogP contribution is 2.22. The van der Waals surface area contributed by atoms with E-state index in [1.54, 1.807) is 18.2 Å². The van der Waals surface area contributed by atoms with Crippen molar-refractivity contribution in [2.45, 2.75) is 32.7 Å². The molecular formula is C14H18Cl2N2O2. The molecule has 0 aliphatic carbocycles. The zero-order valence-electron chi connectivity index (χ0n) is 11.7. The molecule has 20 heavy (non-hydrogen) atoms. The van der Waals surface area contributed by atoms with Crippen molar-refractivity contribution < 1.29 is 9.59 Å². The van der Waals surface area contributed by atoms with E-state index >= 15 is 0 Å². The number of nitrogens with one attached hydrogen (secondary N) is 2. The molecule has 0 aromatic heterocycles. The second-order valence-corrected chi connectivity index (χ2v) is 6.31. The van der Waals surface area contributed by atoms with Gasteiger partial charge in [-0.3, -0.25) is 9.59 Å². The van der Waals surface area contributed by atoms with Crippen LogP contribution in [0.5, 0.6) is 0 Å². The van der Waals surface area contributed by atoms with E-state index in [9.17, 15) is 9.59 Å². The molecule has 6 heteroatoms. The third-order valence-corrected chi connectivity index (χ3v) is 3.05. The molecule has 0 heterocycles. The van der Waals surface area contributed by atoms with Gasteiger partial charge in [-0.25, -0.2) is 0 Å². The average Bonchev–Trinajstić information content (AvgIpc) is 2.29. The zero-order valence-corrected chi connectivity index (χ0v) is 13.2. The van der Waals surface area contributed by atoms with Gasteiger partial charge in [0.25, 0.3) is 0 Å². The molecule has 4 nitrogen and oxygen atoms in total. The number of hydrogen-bond acceptors (Lipinski definition) is 2. The van der Waals surface area contributed by atoms with Gasteiger partial charge in [-0.2, -0.15) is 0 Å². The van der Waals surface area contributed by atoms with Gasteiger partial charge in [-0.15, -0.1) is 0 Å². The summed E-state index contributed by atoms with van der Waals surface area (Å²) in [4.78, 5) is 23.3. The number of halogens is 2. The second kappa shape index (κ2) is 6.95. The molecule has 1 aromatic rings. The van der Waals surface area contributed by atoms with Crippen LogP contribution in [0.3, 0.4) is 0 Å². The molecular weight excluding hydrogens is 299 g/mol. The van der Waals surface area contributed by atoms with E-state index in [0.29, 0.717) is 10.0 Å². The van der Waals surface area contributed by atoms with E-state index in [1.165, 1.54) is 0 Å². The first-order chi connectivity index (χ1) is 9.17. The predicted octanol–water partition coefficient (Wildman–Crippen LogP) is 2.57. The van der Waals surface area contributed by atoms with Crippen molar-refractivity contribution in [2.24, 2.45) is 0 Å². The summed E-state index contributed by atoms with van der Waals surface area (Å²) in [7, 11) is 0. The van der Waals surface area contributed by atoms with Gasteiger partial charge in [0.15, 0.2) is 0 Å². The maximum Gasteiger partial charge on any atom is 0.239 e. The predicted molar refractivity (Wildman–Crippen MR) is 81.1 cm³/mol. The summed E-state index contributed by atoms with van der Waals surface area (Å²) in [6, 6.07) is 5.00. The van der Waals surface area contributed by atoms with E-state index in [1.807, 2.05) is 20.8 Å². The minimum atomic E-state index is -0.314. The Morgan fingerprint density at radius 2 is 1.75 bits per heavy atom. The van der Waals surface area contributed by atoms with Crippen LogP contribution in [0.2, 0.25) is 10.0 Å². The molecule has 1 rings (SSSR count). The Hall–Kier alpha value is -1.26. The minimum Gasteiger partial charge on any atom is -0.350 e. The van der Waals surface area contributed by atoms with Gasteiger partial charge < -0.3 is 10.6 Å². The number of amides is 2. The molecule has 0 unspecified atom stereocenters. The maximum absolute atomic E-state index is 11.7. The van der Waals surface area contributed by atoms with Crippen LogP contribution in [0, 0.1) is 0 Å². The number of benzene rings is 1. The Kier molecular flexibility index (Phi) is 5.84. The van der Waals surface area contributed by atoms with Crippen LogP contribution in [0.1, 0.15) is 26.3 Å². The Labute approximate surface area is 128 Å². The van der Waals surface area contributed by atoms with Crippen molar-refractivity contribution in [3.63, 3.8) is 0 Å². The van der Waals surface area contributed by atoms with E-state index in [-0.39, 0.29) is 30.3 Å². The van der Waals surface area contributed by atoms with Crippen molar-refractivity contribution in [1.82, 2.24) is 10.6 Å². The van der Waals surface area contributed by atoms with Crippen molar-refractivity contribution >= 4 is 35.0 Å². The molecule has 0 fully saturated rings. The van der Waals surface area contributed by atoms with E-state index < -0.39 is 0 Å². The average molecular weight is 317 g/mol. The summed E-state index contributed by atoms with van der Waals surface area (Å²) in [5.41, 5.74) is 0.430. The first-order valence-corrected chi connectivity index (χ1v) is 6.94. The molecule has 2 N–H and O–H groups in total. The van der Waals surface area contributed by atoms with E-state index in [4.69, 9.17) is 23.2 Å². The van der Waals surface area contributed by atoms with Crippen molar-refractivity contribution in [2.75, 3.05) is 6.54 Å². The highest BCUT2D eigenvalue weighted by atomic mass is 35.5. The molecule has 0 saturated heterocycles. The summed E-state index contributed by atoms with van der Waals surface area (Å²) in [5, 5.41) is 6.17. The smallest absolute Gasteiger partial charge is 0.239 e. The van der Waals surface area contributed by atoms with Gasteiger partial charge in [0.05, 0.1) is 23.0 Å². The fraction of sp³-hybridized carbons (Fsp3) is 0.429. The highest BCUT2D eigenvalue weighted by molar-refractivity contribution is 6.42. The van der Waals surface area contributed by atoms with Gasteiger partial charge in [0.2, 0.25) is 11.8 Å². The standard InChI is InChI=1S/C14H18Cl2N2O2/c1-14(2,3)18-13(20)8-17-12(19)7-9-4-5-10(15)11(16)6-9/h4-6H,7-8H2,1-3H3,(H,17,19)(H,18,20).